The van der Waals surface area contributed by atoms with E-state index in [1.165, 1.54) is 0 Å². The highest BCUT2D eigenvalue weighted by molar-refractivity contribution is 5.84. The van der Waals surface area contributed by atoms with E-state index in [1.807, 2.05) is 83.6 Å². The maximum absolute atomic E-state index is 13.2. The first kappa shape index (κ1) is 23.4. The Hall–Kier alpha value is -3.80. The van der Waals surface area contributed by atoms with Crippen molar-refractivity contribution in [3.05, 3.63) is 90.0 Å². The number of para-hydroxylation sites is 2. The van der Waals surface area contributed by atoms with E-state index in [4.69, 9.17) is 4.74 Å². The van der Waals surface area contributed by atoms with Crippen LogP contribution < -0.4 is 14.7 Å². The van der Waals surface area contributed by atoms with Crippen LogP contribution in [0, 0.1) is 5.92 Å². The first-order chi connectivity index (χ1) is 16.5. The normalized spacial score (nSPS) is 14.7. The van der Waals surface area contributed by atoms with E-state index in [0.717, 1.165) is 41.8 Å². The molecule has 1 aliphatic carbocycles. The van der Waals surface area contributed by atoms with Crippen molar-refractivity contribution in [3.8, 4) is 5.75 Å². The number of rotatable bonds is 9. The van der Waals surface area contributed by atoms with Gasteiger partial charge in [-0.3, -0.25) is 4.79 Å². The third-order valence-electron chi connectivity index (χ3n) is 6.27. The number of amides is 1. The van der Waals surface area contributed by atoms with E-state index in [9.17, 15) is 14.7 Å². The molecule has 0 aliphatic heterocycles. The van der Waals surface area contributed by atoms with Gasteiger partial charge in [0.05, 0.1) is 5.97 Å². The number of ether oxygens (including phenoxy) is 1. The lowest BCUT2D eigenvalue weighted by molar-refractivity contribution is -0.307. The number of fused-ring (bicyclic) bond motifs is 1. The predicted octanol–water partition coefficient (Wildman–Crippen LogP) is 3.22. The summed E-state index contributed by atoms with van der Waals surface area (Å²) in [6, 6.07) is 25.6. The van der Waals surface area contributed by atoms with Crippen LogP contribution in [0.1, 0.15) is 17.5 Å². The van der Waals surface area contributed by atoms with Gasteiger partial charge in [0.2, 0.25) is 5.91 Å². The molecule has 0 radical (unpaired) electrons. The van der Waals surface area contributed by atoms with Gasteiger partial charge in [0, 0.05) is 25.0 Å². The van der Waals surface area contributed by atoms with Crippen molar-refractivity contribution < 1.29 is 19.4 Å². The van der Waals surface area contributed by atoms with Gasteiger partial charge in [-0.15, -0.1) is 0 Å². The van der Waals surface area contributed by atoms with Crippen molar-refractivity contribution in [2.45, 2.75) is 19.3 Å². The second kappa shape index (κ2) is 10.9. The van der Waals surface area contributed by atoms with Gasteiger partial charge in [-0.1, -0.05) is 48.5 Å². The second-order valence-electron chi connectivity index (χ2n) is 8.69. The van der Waals surface area contributed by atoms with Crippen LogP contribution in [0.3, 0.4) is 0 Å². The lowest BCUT2D eigenvalue weighted by Gasteiger charge is -2.31. The fourth-order valence-corrected chi connectivity index (χ4v) is 4.57. The zero-order valence-corrected chi connectivity index (χ0v) is 19.4. The fraction of sp³-hybridized carbons (Fsp3) is 0.286. The summed E-state index contributed by atoms with van der Waals surface area (Å²) in [5.41, 5.74) is 4.17. The maximum Gasteiger partial charge on any atom is 0.242 e. The summed E-state index contributed by atoms with van der Waals surface area (Å²) in [6.45, 7) is 0.477. The quantitative estimate of drug-likeness (QED) is 0.493. The zero-order valence-electron chi connectivity index (χ0n) is 19.4. The summed E-state index contributed by atoms with van der Waals surface area (Å²) in [6.07, 6.45) is 2.54. The van der Waals surface area contributed by atoms with Gasteiger partial charge < -0.3 is 24.4 Å². The highest BCUT2D eigenvalue weighted by atomic mass is 16.5. The van der Waals surface area contributed by atoms with Gasteiger partial charge in [0.15, 0.2) is 0 Å². The fourth-order valence-electron chi connectivity index (χ4n) is 4.57. The molecule has 3 aromatic rings. The molecule has 4 rings (SSSR count). The van der Waals surface area contributed by atoms with E-state index in [1.54, 1.807) is 6.07 Å². The van der Waals surface area contributed by atoms with Crippen LogP contribution >= 0.6 is 0 Å². The molecule has 6 heteroatoms. The molecule has 34 heavy (non-hydrogen) atoms. The molecular formula is C28H29N2O4-. The SMILES string of the molecule is CN(CC1CCc2c(cccc2OCC(=O)[O-])C1)C(=O)CN(c1ccccc1)c1ccccc1. The lowest BCUT2D eigenvalue weighted by atomic mass is 9.83. The minimum Gasteiger partial charge on any atom is -0.546 e. The average molecular weight is 458 g/mol. The van der Waals surface area contributed by atoms with Crippen LogP contribution in [0.2, 0.25) is 0 Å². The van der Waals surface area contributed by atoms with Gasteiger partial charge in [-0.2, -0.15) is 0 Å². The molecule has 0 spiro atoms. The number of hydrogen-bond acceptors (Lipinski definition) is 5. The van der Waals surface area contributed by atoms with E-state index in [2.05, 4.69) is 6.07 Å². The Balaban J connectivity index is 1.41. The third kappa shape index (κ3) is 5.76. The number of carboxylic acid groups (broad SMARTS) is 1. The van der Waals surface area contributed by atoms with Crippen molar-refractivity contribution in [2.75, 3.05) is 31.6 Å². The monoisotopic (exact) mass is 457 g/mol. The van der Waals surface area contributed by atoms with Gasteiger partial charge in [0.25, 0.3) is 0 Å². The van der Waals surface area contributed by atoms with E-state index < -0.39 is 12.6 Å². The first-order valence-electron chi connectivity index (χ1n) is 11.6. The number of carboxylic acids is 1. The van der Waals surface area contributed by atoms with Crippen LogP contribution in [-0.4, -0.2) is 43.5 Å². The predicted molar refractivity (Wildman–Crippen MR) is 130 cm³/mol. The summed E-state index contributed by atoms with van der Waals surface area (Å²) >= 11 is 0. The van der Waals surface area contributed by atoms with Gasteiger partial charge in [0.1, 0.15) is 18.9 Å². The molecule has 0 aromatic heterocycles. The number of hydrogen-bond donors (Lipinski definition) is 0. The topological polar surface area (TPSA) is 72.9 Å². The Labute approximate surface area is 200 Å². The number of anilines is 2. The molecule has 0 fully saturated rings. The number of likely N-dealkylation sites (N-methyl/N-ethyl adjacent to an activating group) is 1. The van der Waals surface area contributed by atoms with Crippen molar-refractivity contribution >= 4 is 23.3 Å². The Morgan fingerprint density at radius 2 is 1.59 bits per heavy atom. The second-order valence-corrected chi connectivity index (χ2v) is 8.69. The van der Waals surface area contributed by atoms with Crippen molar-refractivity contribution in [2.24, 2.45) is 5.92 Å². The Morgan fingerprint density at radius 1 is 0.941 bits per heavy atom. The number of aliphatic carboxylic acids is 1. The first-order valence-corrected chi connectivity index (χ1v) is 11.6. The Morgan fingerprint density at radius 3 is 2.21 bits per heavy atom. The van der Waals surface area contributed by atoms with Crippen molar-refractivity contribution in [3.63, 3.8) is 0 Å². The van der Waals surface area contributed by atoms with Crippen LogP contribution in [0.15, 0.2) is 78.9 Å². The van der Waals surface area contributed by atoms with Crippen LogP contribution in [0.4, 0.5) is 11.4 Å². The molecule has 0 heterocycles. The van der Waals surface area contributed by atoms with Crippen LogP contribution in [0.5, 0.6) is 5.75 Å². The standard InChI is InChI=1S/C28H30N2O4/c1-29(18-21-15-16-25-22(17-21)9-8-14-26(25)34-20-28(32)33)27(31)19-30(23-10-4-2-5-11-23)24-12-6-3-7-13-24/h2-14,21H,15-20H2,1H3,(H,32,33)/p-1. The summed E-state index contributed by atoms with van der Waals surface area (Å²) in [5.74, 6) is -0.221. The van der Waals surface area contributed by atoms with Crippen molar-refractivity contribution in [1.29, 1.82) is 0 Å². The van der Waals surface area contributed by atoms with E-state index in [-0.39, 0.29) is 12.5 Å². The molecule has 6 nitrogen and oxygen atoms in total. The van der Waals surface area contributed by atoms with Gasteiger partial charge >= 0.3 is 0 Å². The van der Waals surface area contributed by atoms with Crippen molar-refractivity contribution in [1.82, 2.24) is 4.90 Å². The minimum atomic E-state index is -1.23. The van der Waals surface area contributed by atoms with E-state index in [0.29, 0.717) is 18.2 Å². The smallest absolute Gasteiger partial charge is 0.242 e. The number of carbonyl (C=O) groups is 2. The molecule has 0 saturated carbocycles. The summed E-state index contributed by atoms with van der Waals surface area (Å²) < 4.78 is 5.42. The molecule has 176 valence electrons. The average Bonchev–Trinajstić information content (AvgIpc) is 2.86. The Bertz CT molecular complexity index is 1080. The maximum atomic E-state index is 13.2. The molecule has 0 N–H and O–H groups in total. The largest absolute Gasteiger partial charge is 0.546 e. The number of nitrogens with zero attached hydrogens (tertiary/aromatic N) is 2. The molecule has 1 aliphatic rings. The lowest BCUT2D eigenvalue weighted by Crippen LogP contribution is -2.40. The van der Waals surface area contributed by atoms with Crippen LogP contribution in [0.25, 0.3) is 0 Å². The highest BCUT2D eigenvalue weighted by Crippen LogP contribution is 2.33. The zero-order chi connectivity index (χ0) is 23.9. The number of carbonyl (C=O) groups excluding carboxylic acids is 2. The Kier molecular flexibility index (Phi) is 7.48. The van der Waals surface area contributed by atoms with Crippen LogP contribution in [-0.2, 0) is 22.4 Å². The van der Waals surface area contributed by atoms with E-state index >= 15 is 0 Å². The van der Waals surface area contributed by atoms with Gasteiger partial charge in [-0.25, -0.2) is 0 Å². The molecule has 1 amide bonds. The van der Waals surface area contributed by atoms with Gasteiger partial charge in [-0.05, 0) is 66.6 Å². The molecule has 0 saturated heterocycles. The summed E-state index contributed by atoms with van der Waals surface area (Å²) in [4.78, 5) is 27.8. The minimum absolute atomic E-state index is 0.0598. The molecular weight excluding hydrogens is 428 g/mol. The summed E-state index contributed by atoms with van der Waals surface area (Å²) in [5, 5.41) is 10.8. The highest BCUT2D eigenvalue weighted by Gasteiger charge is 2.25. The summed E-state index contributed by atoms with van der Waals surface area (Å²) in [7, 11) is 1.87. The molecule has 1 unspecified atom stereocenters. The third-order valence-corrected chi connectivity index (χ3v) is 6.27. The molecule has 0 bridgehead atoms. The molecule has 1 atom stereocenters. The molecule has 3 aromatic carbocycles. The number of benzene rings is 3.